The maximum absolute atomic E-state index is 5.31. The average molecular weight is 177 g/mol. The van der Waals surface area contributed by atoms with E-state index in [1.807, 2.05) is 30.1 Å². The van der Waals surface area contributed by atoms with Crippen LogP contribution in [0.4, 0.5) is 0 Å². The topological polar surface area (TPSA) is 17.5 Å². The second-order valence-electron chi connectivity index (χ2n) is 3.23. The fourth-order valence-electron chi connectivity index (χ4n) is 1.58. The second kappa shape index (κ2) is 2.76. The highest BCUT2D eigenvalue weighted by Gasteiger charge is 2.13. The van der Waals surface area contributed by atoms with Crippen molar-refractivity contribution in [3.05, 3.63) is 30.2 Å². The highest BCUT2D eigenvalue weighted by Crippen LogP contribution is 2.17. The van der Waals surface area contributed by atoms with Crippen molar-refractivity contribution in [2.24, 2.45) is 7.05 Å². The third kappa shape index (κ3) is 1.16. The molecule has 0 bridgehead atoms. The van der Waals surface area contributed by atoms with E-state index in [1.165, 1.54) is 5.56 Å². The minimum Gasteiger partial charge on any atom is -0.489 e. The summed E-state index contributed by atoms with van der Waals surface area (Å²) in [4.78, 5) is 0. The van der Waals surface area contributed by atoms with E-state index < -0.39 is 0 Å². The standard InChI is InChI=1S/C10H13N2O/c1-8-6-9(13-3)10-11(2)4-5-12(10)7-8/h4-7H,1-3H3/q+1. The van der Waals surface area contributed by atoms with Crippen LogP contribution in [0.15, 0.2) is 24.7 Å². The van der Waals surface area contributed by atoms with Crippen LogP contribution in [0, 0.1) is 6.92 Å². The molecule has 3 nitrogen and oxygen atoms in total. The van der Waals surface area contributed by atoms with Crippen LogP contribution < -0.4 is 9.30 Å². The van der Waals surface area contributed by atoms with Gasteiger partial charge >= 0.3 is 5.65 Å². The first-order valence-corrected chi connectivity index (χ1v) is 4.23. The number of hydrogen-bond acceptors (Lipinski definition) is 1. The molecule has 0 aliphatic rings. The normalized spacial score (nSPS) is 10.7. The van der Waals surface area contributed by atoms with Gasteiger partial charge in [0.05, 0.1) is 20.4 Å². The molecule has 0 saturated carbocycles. The summed E-state index contributed by atoms with van der Waals surface area (Å²) in [6, 6.07) is 2.04. The van der Waals surface area contributed by atoms with Crippen molar-refractivity contribution in [2.75, 3.05) is 7.11 Å². The molecule has 0 aliphatic heterocycles. The summed E-state index contributed by atoms with van der Waals surface area (Å²) < 4.78 is 9.41. The van der Waals surface area contributed by atoms with Crippen LogP contribution >= 0.6 is 0 Å². The summed E-state index contributed by atoms with van der Waals surface area (Å²) in [6.45, 7) is 2.06. The molecule has 0 saturated heterocycles. The Morgan fingerprint density at radius 3 is 2.92 bits per heavy atom. The van der Waals surface area contributed by atoms with Crippen LogP contribution in [-0.4, -0.2) is 11.5 Å². The number of aromatic nitrogens is 2. The highest BCUT2D eigenvalue weighted by molar-refractivity contribution is 5.50. The molecule has 2 aromatic heterocycles. The Bertz CT molecular complexity index is 445. The molecule has 0 N–H and O–H groups in total. The molecule has 0 radical (unpaired) electrons. The van der Waals surface area contributed by atoms with E-state index in [0.717, 1.165) is 11.4 Å². The lowest BCUT2D eigenvalue weighted by atomic mass is 10.3. The molecule has 2 aromatic rings. The van der Waals surface area contributed by atoms with Gasteiger partial charge in [-0.05, 0) is 18.6 Å². The predicted molar refractivity (Wildman–Crippen MR) is 49.9 cm³/mol. The van der Waals surface area contributed by atoms with E-state index in [4.69, 9.17) is 4.74 Å². The second-order valence-corrected chi connectivity index (χ2v) is 3.23. The van der Waals surface area contributed by atoms with Gasteiger partial charge in [-0.25, -0.2) is 4.57 Å². The van der Waals surface area contributed by atoms with Crippen molar-refractivity contribution >= 4 is 5.65 Å². The smallest absolute Gasteiger partial charge is 0.329 e. The van der Waals surface area contributed by atoms with Crippen molar-refractivity contribution in [3.63, 3.8) is 0 Å². The van der Waals surface area contributed by atoms with Crippen LogP contribution in [0.5, 0.6) is 5.75 Å². The van der Waals surface area contributed by atoms with Crippen LogP contribution in [0.25, 0.3) is 5.65 Å². The van der Waals surface area contributed by atoms with Crippen molar-refractivity contribution < 1.29 is 9.30 Å². The van der Waals surface area contributed by atoms with E-state index in [2.05, 4.69) is 17.5 Å². The predicted octanol–water partition coefficient (Wildman–Crippen LogP) is 1.08. The molecule has 0 atom stereocenters. The third-order valence-electron chi connectivity index (χ3n) is 2.17. The molecule has 68 valence electrons. The summed E-state index contributed by atoms with van der Waals surface area (Å²) in [7, 11) is 3.70. The highest BCUT2D eigenvalue weighted by atomic mass is 16.5. The summed E-state index contributed by atoms with van der Waals surface area (Å²) in [5.74, 6) is 0.910. The Kier molecular flexibility index (Phi) is 1.72. The van der Waals surface area contributed by atoms with Gasteiger partial charge in [-0.15, -0.1) is 0 Å². The van der Waals surface area contributed by atoms with Gasteiger partial charge in [0.1, 0.15) is 12.4 Å². The molecule has 0 unspecified atom stereocenters. The van der Waals surface area contributed by atoms with E-state index >= 15 is 0 Å². The lowest BCUT2D eigenvalue weighted by Crippen LogP contribution is -2.26. The number of fused-ring (bicyclic) bond motifs is 1. The van der Waals surface area contributed by atoms with E-state index in [0.29, 0.717) is 0 Å². The van der Waals surface area contributed by atoms with Gasteiger partial charge in [-0.1, -0.05) is 0 Å². The molecule has 0 fully saturated rings. The number of ether oxygens (including phenoxy) is 1. The number of imidazole rings is 1. The van der Waals surface area contributed by atoms with Gasteiger partial charge in [0, 0.05) is 0 Å². The van der Waals surface area contributed by atoms with Crippen LogP contribution in [0.1, 0.15) is 5.56 Å². The van der Waals surface area contributed by atoms with Gasteiger partial charge in [0.15, 0.2) is 0 Å². The Morgan fingerprint density at radius 2 is 2.23 bits per heavy atom. The Hall–Kier alpha value is -1.51. The summed E-state index contributed by atoms with van der Waals surface area (Å²) in [5, 5.41) is 0. The SMILES string of the molecule is COc1cc(C)cn2cc[n+](C)c12. The molecule has 3 heteroatoms. The van der Waals surface area contributed by atoms with Gasteiger partial charge in [0.2, 0.25) is 5.75 Å². The summed E-state index contributed by atoms with van der Waals surface area (Å²) in [6.07, 6.45) is 6.11. The number of methoxy groups -OCH3 is 1. The first-order valence-electron chi connectivity index (χ1n) is 4.23. The molecule has 2 rings (SSSR count). The van der Waals surface area contributed by atoms with Crippen molar-refractivity contribution in [1.82, 2.24) is 4.40 Å². The van der Waals surface area contributed by atoms with E-state index in [1.54, 1.807) is 7.11 Å². The largest absolute Gasteiger partial charge is 0.489 e. The first-order chi connectivity index (χ1) is 6.22. The third-order valence-corrected chi connectivity index (χ3v) is 2.17. The lowest BCUT2D eigenvalue weighted by molar-refractivity contribution is -0.644. The average Bonchev–Trinajstić information content (AvgIpc) is 2.46. The summed E-state index contributed by atoms with van der Waals surface area (Å²) in [5.41, 5.74) is 2.27. The maximum atomic E-state index is 5.31. The van der Waals surface area contributed by atoms with Gasteiger partial charge in [-0.2, -0.15) is 4.40 Å². The van der Waals surface area contributed by atoms with Gasteiger partial charge in [0.25, 0.3) is 0 Å². The zero-order valence-corrected chi connectivity index (χ0v) is 8.11. The maximum Gasteiger partial charge on any atom is 0.329 e. The minimum absolute atomic E-state index is 0.910. The Balaban J connectivity index is 2.85. The van der Waals surface area contributed by atoms with Gasteiger partial charge < -0.3 is 4.74 Å². The monoisotopic (exact) mass is 177 g/mol. The van der Waals surface area contributed by atoms with E-state index in [9.17, 15) is 0 Å². The first kappa shape index (κ1) is 8.10. The van der Waals surface area contributed by atoms with E-state index in [-0.39, 0.29) is 0 Å². The minimum atomic E-state index is 0.910. The molecule has 0 aliphatic carbocycles. The quantitative estimate of drug-likeness (QED) is 0.596. The zero-order chi connectivity index (χ0) is 9.42. The van der Waals surface area contributed by atoms with Crippen molar-refractivity contribution in [3.8, 4) is 5.75 Å². The lowest BCUT2D eigenvalue weighted by Gasteiger charge is -2.00. The molecule has 13 heavy (non-hydrogen) atoms. The van der Waals surface area contributed by atoms with Crippen molar-refractivity contribution in [2.45, 2.75) is 6.92 Å². The number of rotatable bonds is 1. The van der Waals surface area contributed by atoms with Crippen LogP contribution in [0.3, 0.4) is 0 Å². The molecule has 0 amide bonds. The van der Waals surface area contributed by atoms with Crippen molar-refractivity contribution in [1.29, 1.82) is 0 Å². The van der Waals surface area contributed by atoms with Crippen LogP contribution in [0.2, 0.25) is 0 Å². The number of hydrogen-bond donors (Lipinski definition) is 0. The zero-order valence-electron chi connectivity index (χ0n) is 8.11. The number of nitrogens with zero attached hydrogens (tertiary/aromatic N) is 2. The fourth-order valence-corrected chi connectivity index (χ4v) is 1.58. The molecule has 0 aromatic carbocycles. The molecular formula is C10H13N2O+. The Labute approximate surface area is 77.2 Å². The fraction of sp³-hybridized carbons (Fsp3) is 0.300. The van der Waals surface area contributed by atoms with Gasteiger partial charge in [-0.3, -0.25) is 0 Å². The number of aryl methyl sites for hydroxylation is 2. The molecule has 0 spiro atoms. The molecular weight excluding hydrogens is 164 g/mol. The number of pyridine rings is 1. The Morgan fingerprint density at radius 1 is 1.46 bits per heavy atom. The molecule has 2 heterocycles. The van der Waals surface area contributed by atoms with Crippen LogP contribution in [-0.2, 0) is 7.05 Å². The summed E-state index contributed by atoms with van der Waals surface area (Å²) >= 11 is 0.